The number of hydrogen-bond donors (Lipinski definition) is 4. The molecule has 4 aromatic carbocycles. The number of carbonyl (C=O) groups excluding carboxylic acids is 4. The summed E-state index contributed by atoms with van der Waals surface area (Å²) in [4.78, 5) is 56.3. The van der Waals surface area contributed by atoms with Gasteiger partial charge in [0.1, 0.15) is 25.3 Å². The lowest BCUT2D eigenvalue weighted by Gasteiger charge is -2.18. The van der Waals surface area contributed by atoms with Gasteiger partial charge in [0.25, 0.3) is 0 Å². The monoisotopic (exact) mass is 678 g/mol. The minimum atomic E-state index is -1.02. The van der Waals surface area contributed by atoms with E-state index in [1.54, 1.807) is 0 Å². The first-order valence-electron chi connectivity index (χ1n) is 15.4. The highest BCUT2D eigenvalue weighted by Crippen LogP contribution is 2.17. The number of rotatable bonds is 14. The molecule has 1 heterocycles. The molecule has 1 aromatic heterocycles. The molecule has 250 valence electrons. The van der Waals surface area contributed by atoms with Crippen molar-refractivity contribution in [3.8, 4) is 0 Å². The lowest BCUT2D eigenvalue weighted by Crippen LogP contribution is -2.45. The standard InChI is InChI=1S/C36H34N6O6S/c43-31(29(21-25-13-5-1-6-14-25)37-35(45)47-23-27-17-9-3-10-18-27)39-33-41-34(49-42-33)40-32(44)30(22-26-15-7-2-8-16-26)38-36(46)48-24-28-19-11-4-12-20-28/h1-20,29-30H,21-24H2,(H,37,45)(H,38,46)(H2,39,40,41,42,43,44). The first-order chi connectivity index (χ1) is 23.9. The summed E-state index contributed by atoms with van der Waals surface area (Å²) in [5, 5.41) is 10.6. The number of benzene rings is 4. The molecule has 4 amide bonds. The van der Waals surface area contributed by atoms with Gasteiger partial charge in [-0.05, 0) is 22.3 Å². The van der Waals surface area contributed by atoms with Gasteiger partial charge in [-0.3, -0.25) is 20.2 Å². The molecule has 49 heavy (non-hydrogen) atoms. The van der Waals surface area contributed by atoms with Gasteiger partial charge in [0.15, 0.2) is 0 Å². The molecular weight excluding hydrogens is 644 g/mol. The molecular formula is C36H34N6O6S. The van der Waals surface area contributed by atoms with E-state index in [4.69, 9.17) is 9.47 Å². The molecule has 5 aromatic rings. The van der Waals surface area contributed by atoms with Crippen LogP contribution in [0.15, 0.2) is 121 Å². The van der Waals surface area contributed by atoms with Crippen molar-refractivity contribution in [2.45, 2.75) is 38.1 Å². The Hall–Kier alpha value is -6.08. The Labute approximate surface area is 287 Å². The summed E-state index contributed by atoms with van der Waals surface area (Å²) >= 11 is 0.842. The normalized spacial score (nSPS) is 11.8. The Morgan fingerprint density at radius 3 is 1.37 bits per heavy atom. The van der Waals surface area contributed by atoms with E-state index in [0.29, 0.717) is 0 Å². The second-order valence-electron chi connectivity index (χ2n) is 10.8. The Kier molecular flexibility index (Phi) is 12.4. The number of alkyl carbamates (subject to hydrolysis) is 2. The van der Waals surface area contributed by atoms with Crippen LogP contribution in [-0.2, 0) is 45.1 Å². The van der Waals surface area contributed by atoms with Crippen LogP contribution in [0.5, 0.6) is 0 Å². The molecule has 0 saturated carbocycles. The van der Waals surface area contributed by atoms with E-state index < -0.39 is 36.1 Å². The fourth-order valence-corrected chi connectivity index (χ4v) is 5.18. The van der Waals surface area contributed by atoms with Crippen LogP contribution in [0.2, 0.25) is 0 Å². The van der Waals surface area contributed by atoms with Crippen LogP contribution in [0, 0.1) is 0 Å². The summed E-state index contributed by atoms with van der Waals surface area (Å²) in [5.41, 5.74) is 3.23. The maximum atomic E-state index is 13.4. The fourth-order valence-electron chi connectivity index (χ4n) is 4.65. The Morgan fingerprint density at radius 2 is 0.939 bits per heavy atom. The average molecular weight is 679 g/mol. The van der Waals surface area contributed by atoms with Crippen LogP contribution < -0.4 is 21.3 Å². The number of nitrogens with one attached hydrogen (secondary N) is 4. The molecule has 13 heteroatoms. The molecule has 5 rings (SSSR count). The molecule has 12 nitrogen and oxygen atoms in total. The third kappa shape index (κ3) is 11.3. The summed E-state index contributed by atoms with van der Waals surface area (Å²) < 4.78 is 14.8. The summed E-state index contributed by atoms with van der Waals surface area (Å²) in [6, 6.07) is 34.7. The van der Waals surface area contributed by atoms with Gasteiger partial charge in [0.2, 0.25) is 22.9 Å². The van der Waals surface area contributed by atoms with Crippen molar-refractivity contribution in [3.05, 3.63) is 144 Å². The third-order valence-electron chi connectivity index (χ3n) is 7.10. The van der Waals surface area contributed by atoms with Crippen LogP contribution >= 0.6 is 11.5 Å². The van der Waals surface area contributed by atoms with Crippen LogP contribution in [0.25, 0.3) is 0 Å². The maximum Gasteiger partial charge on any atom is 0.408 e. The first-order valence-corrected chi connectivity index (χ1v) is 16.2. The van der Waals surface area contributed by atoms with Crippen molar-refractivity contribution in [3.63, 3.8) is 0 Å². The number of anilines is 2. The summed E-state index contributed by atoms with van der Waals surface area (Å²) in [6.45, 7) is 0.0740. The predicted molar refractivity (Wildman–Crippen MR) is 185 cm³/mol. The Balaban J connectivity index is 1.21. The van der Waals surface area contributed by atoms with Gasteiger partial charge in [0.05, 0.1) is 0 Å². The zero-order valence-corrected chi connectivity index (χ0v) is 27.1. The van der Waals surface area contributed by atoms with Gasteiger partial charge in [-0.2, -0.15) is 9.36 Å². The maximum absolute atomic E-state index is 13.4. The van der Waals surface area contributed by atoms with Gasteiger partial charge in [-0.15, -0.1) is 0 Å². The number of hydrogen-bond acceptors (Lipinski definition) is 9. The van der Waals surface area contributed by atoms with Crippen molar-refractivity contribution in [2.75, 3.05) is 10.6 Å². The van der Waals surface area contributed by atoms with Crippen molar-refractivity contribution >= 4 is 46.6 Å². The molecule has 0 spiro atoms. The molecule has 0 aliphatic rings. The second-order valence-corrected chi connectivity index (χ2v) is 11.6. The van der Waals surface area contributed by atoms with Crippen LogP contribution in [0.1, 0.15) is 22.3 Å². The zero-order chi connectivity index (χ0) is 34.3. The molecule has 4 N–H and O–H groups in total. The van der Waals surface area contributed by atoms with Gasteiger partial charge in [-0.25, -0.2) is 9.59 Å². The van der Waals surface area contributed by atoms with Crippen LogP contribution in [0.3, 0.4) is 0 Å². The number of ether oxygens (including phenoxy) is 2. The molecule has 0 aliphatic carbocycles. The number of aromatic nitrogens is 2. The van der Waals surface area contributed by atoms with Crippen LogP contribution in [-0.4, -0.2) is 45.4 Å². The first kappa shape index (κ1) is 34.3. The van der Waals surface area contributed by atoms with E-state index in [1.807, 2.05) is 121 Å². The Morgan fingerprint density at radius 1 is 0.551 bits per heavy atom. The fraction of sp³-hybridized carbons (Fsp3) is 0.167. The number of carbonyl (C=O) groups is 4. The predicted octanol–water partition coefficient (Wildman–Crippen LogP) is 5.49. The summed E-state index contributed by atoms with van der Waals surface area (Å²) in [6.07, 6.45) is -1.17. The third-order valence-corrected chi connectivity index (χ3v) is 7.73. The van der Waals surface area contributed by atoms with E-state index in [2.05, 4.69) is 30.6 Å². The smallest absolute Gasteiger partial charge is 0.408 e. The summed E-state index contributed by atoms with van der Waals surface area (Å²) in [7, 11) is 0. The van der Waals surface area contributed by atoms with E-state index in [1.165, 1.54) is 0 Å². The molecule has 0 bridgehead atoms. The highest BCUT2D eigenvalue weighted by molar-refractivity contribution is 7.10. The van der Waals surface area contributed by atoms with Crippen molar-refractivity contribution in [1.29, 1.82) is 0 Å². The molecule has 0 radical (unpaired) electrons. The molecule has 2 atom stereocenters. The van der Waals surface area contributed by atoms with Gasteiger partial charge in [0, 0.05) is 24.4 Å². The lowest BCUT2D eigenvalue weighted by atomic mass is 10.1. The molecule has 2 unspecified atom stereocenters. The highest BCUT2D eigenvalue weighted by atomic mass is 32.1. The van der Waals surface area contributed by atoms with Crippen molar-refractivity contribution in [1.82, 2.24) is 20.0 Å². The van der Waals surface area contributed by atoms with Gasteiger partial charge >= 0.3 is 12.2 Å². The Bertz CT molecular complexity index is 1680. The number of nitrogens with zero attached hydrogens (tertiary/aromatic N) is 2. The summed E-state index contributed by atoms with van der Waals surface area (Å²) in [5.74, 6) is -1.21. The number of amides is 4. The largest absolute Gasteiger partial charge is 0.445 e. The van der Waals surface area contributed by atoms with Crippen LogP contribution in [0.4, 0.5) is 20.7 Å². The molecule has 0 saturated heterocycles. The highest BCUT2D eigenvalue weighted by Gasteiger charge is 2.26. The van der Waals surface area contributed by atoms with E-state index in [-0.39, 0.29) is 37.1 Å². The van der Waals surface area contributed by atoms with E-state index in [0.717, 1.165) is 33.8 Å². The average Bonchev–Trinajstić information content (AvgIpc) is 3.57. The topological polar surface area (TPSA) is 161 Å². The van der Waals surface area contributed by atoms with E-state index >= 15 is 0 Å². The van der Waals surface area contributed by atoms with Crippen molar-refractivity contribution < 1.29 is 28.7 Å². The second kappa shape index (κ2) is 17.7. The van der Waals surface area contributed by atoms with E-state index in [9.17, 15) is 19.2 Å². The zero-order valence-electron chi connectivity index (χ0n) is 26.3. The van der Waals surface area contributed by atoms with Crippen molar-refractivity contribution in [2.24, 2.45) is 0 Å². The minimum Gasteiger partial charge on any atom is -0.445 e. The quantitative estimate of drug-likeness (QED) is 0.120. The molecule has 0 aliphatic heterocycles. The van der Waals surface area contributed by atoms with Gasteiger partial charge < -0.3 is 20.1 Å². The SMILES string of the molecule is O=C(NC(Cc1ccccc1)C(=O)Nc1nsc(NC(=O)C(Cc2ccccc2)NC(=O)OCc2ccccc2)n1)OCc1ccccc1. The van der Waals surface area contributed by atoms with Gasteiger partial charge in [-0.1, -0.05) is 121 Å². The minimum absolute atomic E-state index is 0.0356. The molecule has 0 fully saturated rings. The lowest BCUT2D eigenvalue weighted by molar-refractivity contribution is -0.118.